The predicted octanol–water partition coefficient (Wildman–Crippen LogP) is -0.247. The summed E-state index contributed by atoms with van der Waals surface area (Å²) in [5, 5.41) is 5.21. The van der Waals surface area contributed by atoms with Crippen molar-refractivity contribution in [3.8, 4) is 0 Å². The maximum Gasteiger partial charge on any atom is 0.242 e. The Kier molecular flexibility index (Phi) is 4.47. The summed E-state index contributed by atoms with van der Waals surface area (Å²) in [5.41, 5.74) is 0.394. The number of sulfonamides is 1. The molecule has 0 unspecified atom stereocenters. The molecule has 0 aliphatic carbocycles. The highest BCUT2D eigenvalue weighted by Gasteiger charge is 2.15. The van der Waals surface area contributed by atoms with Gasteiger partial charge in [0.2, 0.25) is 15.9 Å². The number of carbonyl (C=O) groups excluding carboxylic acids is 1. The Labute approximate surface area is 100 Å². The second-order valence-electron chi connectivity index (χ2n) is 3.23. The fourth-order valence-corrected chi connectivity index (χ4v) is 2.13. The van der Waals surface area contributed by atoms with Gasteiger partial charge in [0.15, 0.2) is 0 Å². The van der Waals surface area contributed by atoms with Crippen molar-refractivity contribution < 1.29 is 13.2 Å². The first-order valence-corrected chi connectivity index (χ1v) is 6.46. The lowest BCUT2D eigenvalue weighted by Crippen LogP contribution is -2.27. The summed E-state index contributed by atoms with van der Waals surface area (Å²) < 4.78 is 25.6. The molecule has 0 fully saturated rings. The van der Waals surface area contributed by atoms with Gasteiger partial charge in [-0.15, -0.1) is 0 Å². The fourth-order valence-electron chi connectivity index (χ4n) is 1.22. The highest BCUT2D eigenvalue weighted by Crippen LogP contribution is 2.19. The molecule has 0 aliphatic rings. The zero-order chi connectivity index (χ0) is 12.9. The first-order valence-electron chi connectivity index (χ1n) is 4.98. The molecule has 0 atom stereocenters. The minimum atomic E-state index is -3.53. The lowest BCUT2D eigenvalue weighted by Gasteiger charge is -2.11. The van der Waals surface area contributed by atoms with Gasteiger partial charge >= 0.3 is 0 Å². The van der Waals surface area contributed by atoms with Crippen LogP contribution in [0.3, 0.4) is 0 Å². The molecule has 1 aromatic rings. The molecule has 17 heavy (non-hydrogen) atoms. The highest BCUT2D eigenvalue weighted by atomic mass is 32.2. The third-order valence-electron chi connectivity index (χ3n) is 2.16. The lowest BCUT2D eigenvalue weighted by molar-refractivity contribution is -0.118. The molecule has 1 rings (SSSR count). The molecular formula is C10H15N3O3S. The standard InChI is InChI=1S/C10H15N3O3S/c1-11-10(14)7-13-8-5-3-4-6-9(8)17(15,16)12-2/h3-6,12-13H,7H2,1-2H3,(H,11,14). The van der Waals surface area contributed by atoms with Crippen LogP contribution in [0, 0.1) is 0 Å². The van der Waals surface area contributed by atoms with Crippen LogP contribution in [0.15, 0.2) is 29.2 Å². The van der Waals surface area contributed by atoms with Gasteiger partial charge in [-0.05, 0) is 19.2 Å². The van der Waals surface area contributed by atoms with Crippen LogP contribution in [-0.4, -0.2) is 35.0 Å². The van der Waals surface area contributed by atoms with E-state index in [4.69, 9.17) is 0 Å². The van der Waals surface area contributed by atoms with Crippen molar-refractivity contribution >= 4 is 21.6 Å². The van der Waals surface area contributed by atoms with Crippen LogP contribution in [0.1, 0.15) is 0 Å². The maximum absolute atomic E-state index is 11.7. The van der Waals surface area contributed by atoms with Crippen LogP contribution in [0.2, 0.25) is 0 Å². The molecule has 0 saturated carbocycles. The van der Waals surface area contributed by atoms with Gasteiger partial charge in [-0.3, -0.25) is 4.79 Å². The van der Waals surface area contributed by atoms with E-state index in [1.54, 1.807) is 18.2 Å². The monoisotopic (exact) mass is 257 g/mol. The fraction of sp³-hybridized carbons (Fsp3) is 0.300. The van der Waals surface area contributed by atoms with Gasteiger partial charge in [-0.1, -0.05) is 12.1 Å². The van der Waals surface area contributed by atoms with Crippen LogP contribution in [0.4, 0.5) is 5.69 Å². The van der Waals surface area contributed by atoms with Crippen molar-refractivity contribution in [2.75, 3.05) is 26.0 Å². The maximum atomic E-state index is 11.7. The normalized spacial score (nSPS) is 10.9. The molecule has 0 aliphatic heterocycles. The number of anilines is 1. The van der Waals surface area contributed by atoms with E-state index in [0.29, 0.717) is 5.69 Å². The van der Waals surface area contributed by atoms with Gasteiger partial charge < -0.3 is 10.6 Å². The number of hydrogen-bond donors (Lipinski definition) is 3. The summed E-state index contributed by atoms with van der Waals surface area (Å²) in [7, 11) is -0.675. The molecule has 1 amide bonds. The minimum Gasteiger partial charge on any atom is -0.375 e. The number of para-hydroxylation sites is 1. The summed E-state index contributed by atoms with van der Waals surface area (Å²) in [6.45, 7) is 0.0206. The molecule has 0 aromatic heterocycles. The third kappa shape index (κ3) is 3.43. The Balaban J connectivity index is 2.97. The highest BCUT2D eigenvalue weighted by molar-refractivity contribution is 7.89. The van der Waals surface area contributed by atoms with Crippen LogP contribution in [0.5, 0.6) is 0 Å². The number of carbonyl (C=O) groups is 1. The molecular weight excluding hydrogens is 242 g/mol. The molecule has 7 heteroatoms. The van der Waals surface area contributed by atoms with Crippen molar-refractivity contribution in [1.82, 2.24) is 10.0 Å². The van der Waals surface area contributed by atoms with Crippen molar-refractivity contribution in [3.05, 3.63) is 24.3 Å². The molecule has 0 spiro atoms. The molecule has 0 radical (unpaired) electrons. The second kappa shape index (κ2) is 5.65. The summed E-state index contributed by atoms with van der Waals surface area (Å²) in [6, 6.07) is 6.39. The minimum absolute atomic E-state index is 0.0206. The van der Waals surface area contributed by atoms with E-state index in [9.17, 15) is 13.2 Å². The lowest BCUT2D eigenvalue weighted by atomic mass is 10.3. The van der Waals surface area contributed by atoms with Crippen molar-refractivity contribution in [2.24, 2.45) is 0 Å². The van der Waals surface area contributed by atoms with Gasteiger partial charge in [-0.2, -0.15) is 0 Å². The van der Waals surface area contributed by atoms with Gasteiger partial charge in [0, 0.05) is 7.05 Å². The Morgan fingerprint density at radius 3 is 2.47 bits per heavy atom. The van der Waals surface area contributed by atoms with Gasteiger partial charge in [0.05, 0.1) is 12.2 Å². The van der Waals surface area contributed by atoms with Gasteiger partial charge in [0.1, 0.15) is 4.90 Å². The van der Waals surface area contributed by atoms with Crippen LogP contribution in [0.25, 0.3) is 0 Å². The topological polar surface area (TPSA) is 87.3 Å². The van der Waals surface area contributed by atoms with E-state index in [0.717, 1.165) is 0 Å². The molecule has 0 bridgehead atoms. The summed E-state index contributed by atoms with van der Waals surface area (Å²) >= 11 is 0. The molecule has 0 saturated heterocycles. The van der Waals surface area contributed by atoms with Crippen LogP contribution >= 0.6 is 0 Å². The summed E-state index contributed by atoms with van der Waals surface area (Å²) in [5.74, 6) is -0.221. The smallest absolute Gasteiger partial charge is 0.242 e. The predicted molar refractivity (Wildman–Crippen MR) is 65.2 cm³/mol. The van der Waals surface area contributed by atoms with Gasteiger partial charge in [-0.25, -0.2) is 13.1 Å². The first kappa shape index (κ1) is 13.5. The Hall–Kier alpha value is -1.60. The van der Waals surface area contributed by atoms with Crippen molar-refractivity contribution in [2.45, 2.75) is 4.90 Å². The molecule has 3 N–H and O–H groups in total. The molecule has 0 heterocycles. The van der Waals surface area contributed by atoms with Gasteiger partial charge in [0.25, 0.3) is 0 Å². The van der Waals surface area contributed by atoms with E-state index in [1.807, 2.05) is 0 Å². The number of nitrogens with one attached hydrogen (secondary N) is 3. The quantitative estimate of drug-likeness (QED) is 0.679. The SMILES string of the molecule is CNC(=O)CNc1ccccc1S(=O)(=O)NC. The second-order valence-corrected chi connectivity index (χ2v) is 5.09. The molecule has 6 nitrogen and oxygen atoms in total. The van der Waals surface area contributed by atoms with E-state index in [-0.39, 0.29) is 17.3 Å². The van der Waals surface area contributed by atoms with E-state index in [1.165, 1.54) is 20.2 Å². The van der Waals surface area contributed by atoms with E-state index < -0.39 is 10.0 Å². The zero-order valence-electron chi connectivity index (χ0n) is 9.65. The van der Waals surface area contributed by atoms with Crippen molar-refractivity contribution in [3.63, 3.8) is 0 Å². The Morgan fingerprint density at radius 2 is 1.88 bits per heavy atom. The molecule has 1 aromatic carbocycles. The van der Waals surface area contributed by atoms with Crippen LogP contribution < -0.4 is 15.4 Å². The molecule has 94 valence electrons. The first-order chi connectivity index (χ1) is 8.01. The third-order valence-corrected chi connectivity index (χ3v) is 3.64. The number of rotatable bonds is 5. The average Bonchev–Trinajstić information content (AvgIpc) is 2.36. The largest absolute Gasteiger partial charge is 0.375 e. The summed E-state index contributed by atoms with van der Waals surface area (Å²) in [4.78, 5) is 11.2. The number of benzene rings is 1. The average molecular weight is 257 g/mol. The van der Waals surface area contributed by atoms with Crippen LogP contribution in [-0.2, 0) is 14.8 Å². The Bertz CT molecular complexity index is 499. The summed E-state index contributed by atoms with van der Waals surface area (Å²) in [6.07, 6.45) is 0. The van der Waals surface area contributed by atoms with E-state index in [2.05, 4.69) is 15.4 Å². The Morgan fingerprint density at radius 1 is 1.24 bits per heavy atom. The zero-order valence-corrected chi connectivity index (χ0v) is 10.5. The number of hydrogen-bond acceptors (Lipinski definition) is 4. The van der Waals surface area contributed by atoms with E-state index >= 15 is 0 Å². The number of likely N-dealkylation sites (N-methyl/N-ethyl adjacent to an activating group) is 1. The number of amides is 1. The van der Waals surface area contributed by atoms with Crippen molar-refractivity contribution in [1.29, 1.82) is 0 Å².